The molecule has 1 N–H and O–H groups in total. The lowest BCUT2D eigenvalue weighted by Crippen LogP contribution is -2.35. The molecule has 8 heteroatoms. The van der Waals surface area contributed by atoms with Gasteiger partial charge in [0.25, 0.3) is 5.91 Å². The number of oxazole rings is 1. The van der Waals surface area contributed by atoms with E-state index in [1.54, 1.807) is 30.3 Å². The lowest BCUT2D eigenvalue weighted by atomic mass is 10.2. The first-order valence-electron chi connectivity index (χ1n) is 7.78. The molecule has 0 spiro atoms. The molecule has 2 heterocycles. The Kier molecular flexibility index (Phi) is 3.84. The molecule has 132 valence electrons. The molecular formula is C18H13FN2O4S. The van der Waals surface area contributed by atoms with Crippen LogP contribution in [0.4, 0.5) is 4.39 Å². The summed E-state index contributed by atoms with van der Waals surface area (Å²) in [5.74, 6) is -0.700. The van der Waals surface area contributed by atoms with Crippen molar-refractivity contribution in [1.29, 1.82) is 0 Å². The van der Waals surface area contributed by atoms with Crippen molar-refractivity contribution in [3.8, 4) is 11.5 Å². The van der Waals surface area contributed by atoms with E-state index in [1.807, 2.05) is 0 Å². The Hall–Kier alpha value is -3.00. The molecule has 0 unspecified atom stereocenters. The lowest BCUT2D eigenvalue weighted by molar-refractivity contribution is 0.0948. The Balaban J connectivity index is 1.59. The number of halogens is 1. The highest BCUT2D eigenvalue weighted by Crippen LogP contribution is 2.25. The maximum absolute atomic E-state index is 13.4. The van der Waals surface area contributed by atoms with Gasteiger partial charge >= 0.3 is 0 Å². The Morgan fingerprint density at radius 2 is 2.08 bits per heavy atom. The SMILES string of the molecule is O=C(N[C@H]1C=CS(=O)(=O)C1)c1ccc2oc(-c3cccc(F)c3)nc2c1. The van der Waals surface area contributed by atoms with E-state index in [4.69, 9.17) is 4.42 Å². The first-order valence-corrected chi connectivity index (χ1v) is 9.49. The number of carbonyl (C=O) groups is 1. The highest BCUT2D eigenvalue weighted by molar-refractivity contribution is 7.94. The van der Waals surface area contributed by atoms with Crippen molar-refractivity contribution in [2.75, 3.05) is 5.75 Å². The average Bonchev–Trinajstić information content (AvgIpc) is 3.17. The van der Waals surface area contributed by atoms with Gasteiger partial charge in [0, 0.05) is 16.5 Å². The van der Waals surface area contributed by atoms with Crippen molar-refractivity contribution in [2.24, 2.45) is 0 Å². The number of nitrogens with one attached hydrogen (secondary N) is 1. The number of amides is 1. The van der Waals surface area contributed by atoms with E-state index in [2.05, 4.69) is 10.3 Å². The van der Waals surface area contributed by atoms with Gasteiger partial charge in [-0.25, -0.2) is 17.8 Å². The largest absolute Gasteiger partial charge is 0.436 e. The summed E-state index contributed by atoms with van der Waals surface area (Å²) < 4.78 is 41.8. The zero-order chi connectivity index (χ0) is 18.3. The van der Waals surface area contributed by atoms with Crippen molar-refractivity contribution in [3.63, 3.8) is 0 Å². The summed E-state index contributed by atoms with van der Waals surface area (Å²) in [6.45, 7) is 0. The van der Waals surface area contributed by atoms with Crippen LogP contribution in [-0.4, -0.2) is 31.1 Å². The molecule has 4 rings (SSSR count). The topological polar surface area (TPSA) is 89.3 Å². The van der Waals surface area contributed by atoms with Gasteiger partial charge in [0.1, 0.15) is 11.3 Å². The van der Waals surface area contributed by atoms with E-state index in [0.29, 0.717) is 22.2 Å². The molecule has 0 saturated heterocycles. The molecule has 0 aliphatic carbocycles. The maximum atomic E-state index is 13.4. The minimum atomic E-state index is -3.24. The van der Waals surface area contributed by atoms with Crippen LogP contribution in [0.3, 0.4) is 0 Å². The third-order valence-electron chi connectivity index (χ3n) is 3.97. The highest BCUT2D eigenvalue weighted by Gasteiger charge is 2.23. The summed E-state index contributed by atoms with van der Waals surface area (Å²) >= 11 is 0. The fourth-order valence-corrected chi connectivity index (χ4v) is 3.97. The molecule has 2 aromatic carbocycles. The first kappa shape index (κ1) is 16.5. The molecule has 1 amide bonds. The predicted molar refractivity (Wildman–Crippen MR) is 93.6 cm³/mol. The van der Waals surface area contributed by atoms with Crippen LogP contribution in [0.5, 0.6) is 0 Å². The number of aromatic nitrogens is 1. The minimum Gasteiger partial charge on any atom is -0.436 e. The van der Waals surface area contributed by atoms with Gasteiger partial charge in [0.05, 0.1) is 11.8 Å². The normalized spacial score (nSPS) is 18.3. The summed E-state index contributed by atoms with van der Waals surface area (Å²) in [7, 11) is -3.24. The molecule has 0 radical (unpaired) electrons. The number of hydrogen-bond donors (Lipinski definition) is 1. The molecular weight excluding hydrogens is 359 g/mol. The van der Waals surface area contributed by atoms with Crippen LogP contribution in [0.2, 0.25) is 0 Å². The second-order valence-corrected chi connectivity index (χ2v) is 7.88. The summed E-state index contributed by atoms with van der Waals surface area (Å²) in [4.78, 5) is 16.6. The van der Waals surface area contributed by atoms with E-state index in [0.717, 1.165) is 5.41 Å². The number of nitrogens with zero attached hydrogens (tertiary/aromatic N) is 1. The van der Waals surface area contributed by atoms with Crippen molar-refractivity contribution in [2.45, 2.75) is 6.04 Å². The Bertz CT molecular complexity index is 1150. The molecule has 0 fully saturated rings. The molecule has 1 atom stereocenters. The van der Waals surface area contributed by atoms with Crippen LogP contribution in [0, 0.1) is 5.82 Å². The van der Waals surface area contributed by atoms with Crippen LogP contribution < -0.4 is 5.32 Å². The summed E-state index contributed by atoms with van der Waals surface area (Å²) in [6, 6.07) is 10.0. The molecule has 0 saturated carbocycles. The quantitative estimate of drug-likeness (QED) is 0.763. The molecule has 3 aromatic rings. The molecule has 26 heavy (non-hydrogen) atoms. The minimum absolute atomic E-state index is 0.144. The van der Waals surface area contributed by atoms with Gasteiger partial charge in [-0.3, -0.25) is 4.79 Å². The maximum Gasteiger partial charge on any atom is 0.251 e. The zero-order valence-electron chi connectivity index (χ0n) is 13.3. The van der Waals surface area contributed by atoms with Gasteiger partial charge in [0.2, 0.25) is 5.89 Å². The van der Waals surface area contributed by atoms with Gasteiger partial charge < -0.3 is 9.73 Å². The number of fused-ring (bicyclic) bond motifs is 1. The van der Waals surface area contributed by atoms with Crippen LogP contribution >= 0.6 is 0 Å². The van der Waals surface area contributed by atoms with Crippen LogP contribution in [0.15, 0.2) is 58.4 Å². The van der Waals surface area contributed by atoms with E-state index in [-0.39, 0.29) is 11.6 Å². The van der Waals surface area contributed by atoms with Crippen molar-refractivity contribution < 1.29 is 22.0 Å². The Morgan fingerprint density at radius 3 is 2.81 bits per heavy atom. The predicted octanol–water partition coefficient (Wildman–Crippen LogP) is 2.67. The monoisotopic (exact) mass is 372 g/mol. The smallest absolute Gasteiger partial charge is 0.251 e. The van der Waals surface area contributed by atoms with E-state index in [1.165, 1.54) is 18.2 Å². The number of benzene rings is 2. The number of hydrogen-bond acceptors (Lipinski definition) is 5. The van der Waals surface area contributed by atoms with Crippen LogP contribution in [0.25, 0.3) is 22.6 Å². The van der Waals surface area contributed by atoms with Crippen molar-refractivity contribution in [1.82, 2.24) is 10.3 Å². The molecule has 6 nitrogen and oxygen atoms in total. The summed E-state index contributed by atoms with van der Waals surface area (Å²) in [5.41, 5.74) is 1.73. The van der Waals surface area contributed by atoms with Crippen LogP contribution in [0.1, 0.15) is 10.4 Å². The zero-order valence-corrected chi connectivity index (χ0v) is 14.2. The summed E-state index contributed by atoms with van der Waals surface area (Å²) in [6.07, 6.45) is 1.45. The fraction of sp³-hybridized carbons (Fsp3) is 0.111. The van der Waals surface area contributed by atoms with Crippen molar-refractivity contribution >= 4 is 26.8 Å². The highest BCUT2D eigenvalue weighted by atomic mass is 32.2. The molecule has 1 aliphatic heterocycles. The molecule has 1 aromatic heterocycles. The molecule has 1 aliphatic rings. The van der Waals surface area contributed by atoms with Gasteiger partial charge in [-0.05, 0) is 42.5 Å². The third kappa shape index (κ3) is 3.23. The van der Waals surface area contributed by atoms with Gasteiger partial charge in [0.15, 0.2) is 15.4 Å². The van der Waals surface area contributed by atoms with E-state index < -0.39 is 27.6 Å². The van der Waals surface area contributed by atoms with Crippen molar-refractivity contribution in [3.05, 3.63) is 65.3 Å². The number of carbonyl (C=O) groups excluding carboxylic acids is 1. The third-order valence-corrected chi connectivity index (χ3v) is 5.36. The fourth-order valence-electron chi connectivity index (χ4n) is 2.73. The number of rotatable bonds is 3. The second kappa shape index (κ2) is 6.06. The Labute approximate surface area is 148 Å². The average molecular weight is 372 g/mol. The lowest BCUT2D eigenvalue weighted by Gasteiger charge is -2.09. The Morgan fingerprint density at radius 1 is 1.23 bits per heavy atom. The first-order chi connectivity index (χ1) is 12.4. The molecule has 0 bridgehead atoms. The van der Waals surface area contributed by atoms with Gasteiger partial charge in [-0.1, -0.05) is 6.07 Å². The van der Waals surface area contributed by atoms with Gasteiger partial charge in [-0.15, -0.1) is 0 Å². The summed E-state index contributed by atoms with van der Waals surface area (Å²) in [5, 5.41) is 3.75. The second-order valence-electron chi connectivity index (χ2n) is 5.95. The number of sulfone groups is 1. The van der Waals surface area contributed by atoms with E-state index >= 15 is 0 Å². The van der Waals surface area contributed by atoms with Gasteiger partial charge in [-0.2, -0.15) is 0 Å². The van der Waals surface area contributed by atoms with E-state index in [9.17, 15) is 17.6 Å². The van der Waals surface area contributed by atoms with Crippen LogP contribution in [-0.2, 0) is 9.84 Å². The standard InChI is InChI=1S/C18H13FN2O4S/c19-13-3-1-2-12(8-13)18-21-15-9-11(4-5-16(15)25-18)17(22)20-14-6-7-26(23,24)10-14/h1-9,14H,10H2,(H,20,22)/t14-/m0/s1.